The minimum atomic E-state index is -0.211. The first-order chi connectivity index (χ1) is 7.54. The molecule has 0 aliphatic heterocycles. The number of amides is 1. The predicted molar refractivity (Wildman–Crippen MR) is 62.0 cm³/mol. The summed E-state index contributed by atoms with van der Waals surface area (Å²) in [5, 5.41) is 11.6. The molecule has 16 heavy (non-hydrogen) atoms. The van der Waals surface area contributed by atoms with Gasteiger partial charge in [-0.3, -0.25) is 9.78 Å². The number of pyridine rings is 1. The summed E-state index contributed by atoms with van der Waals surface area (Å²) in [6, 6.07) is 1.60. The number of nitrogens with one attached hydrogen (secondary N) is 1. The fourth-order valence-electron chi connectivity index (χ4n) is 1.21. The number of aliphatic hydroxyl groups excluding tert-OH is 1. The molecule has 1 rings (SSSR count). The average Bonchev–Trinajstić information content (AvgIpc) is 2.28. The van der Waals surface area contributed by atoms with Gasteiger partial charge in [0.1, 0.15) is 0 Å². The number of aryl methyl sites for hydroxylation is 1. The molecule has 0 aliphatic carbocycles. The van der Waals surface area contributed by atoms with Crippen LogP contribution in [0.1, 0.15) is 23.0 Å². The molecule has 0 saturated carbocycles. The van der Waals surface area contributed by atoms with Crippen molar-refractivity contribution in [1.82, 2.24) is 10.3 Å². The Labute approximate surface area is 94.7 Å². The van der Waals surface area contributed by atoms with E-state index in [0.29, 0.717) is 23.5 Å². The van der Waals surface area contributed by atoms with E-state index >= 15 is 0 Å². The quantitative estimate of drug-likeness (QED) is 0.686. The number of rotatable bonds is 4. The summed E-state index contributed by atoms with van der Waals surface area (Å²) in [5.74, 6) is -0.170. The van der Waals surface area contributed by atoms with Crippen molar-refractivity contribution in [2.75, 3.05) is 18.9 Å². The second-order valence-electron chi connectivity index (χ2n) is 3.90. The van der Waals surface area contributed by atoms with Gasteiger partial charge in [-0.1, -0.05) is 6.92 Å². The van der Waals surface area contributed by atoms with Crippen LogP contribution >= 0.6 is 0 Å². The molecule has 1 amide bonds. The summed E-state index contributed by atoms with van der Waals surface area (Å²) in [7, 11) is 0. The molecule has 0 fully saturated rings. The molecule has 88 valence electrons. The first-order valence-corrected chi connectivity index (χ1v) is 5.15. The van der Waals surface area contributed by atoms with Crippen LogP contribution in [0.5, 0.6) is 0 Å². The number of aromatic nitrogens is 1. The Morgan fingerprint density at radius 1 is 1.69 bits per heavy atom. The van der Waals surface area contributed by atoms with Crippen molar-refractivity contribution >= 4 is 11.6 Å². The van der Waals surface area contributed by atoms with Gasteiger partial charge >= 0.3 is 0 Å². The number of nitrogens with zero attached hydrogens (tertiary/aromatic N) is 1. The minimum absolute atomic E-state index is 0.0401. The Morgan fingerprint density at radius 2 is 2.38 bits per heavy atom. The van der Waals surface area contributed by atoms with Crippen molar-refractivity contribution in [1.29, 1.82) is 0 Å². The van der Waals surface area contributed by atoms with Crippen molar-refractivity contribution in [3.05, 3.63) is 23.5 Å². The van der Waals surface area contributed by atoms with Crippen molar-refractivity contribution in [3.8, 4) is 0 Å². The van der Waals surface area contributed by atoms with Gasteiger partial charge in [-0.05, 0) is 18.9 Å². The second kappa shape index (κ2) is 5.46. The second-order valence-corrected chi connectivity index (χ2v) is 3.90. The zero-order chi connectivity index (χ0) is 12.1. The van der Waals surface area contributed by atoms with Crippen LogP contribution < -0.4 is 11.1 Å². The Morgan fingerprint density at radius 3 is 3.00 bits per heavy atom. The highest BCUT2D eigenvalue weighted by Gasteiger charge is 2.11. The molecule has 0 radical (unpaired) electrons. The maximum Gasteiger partial charge on any atom is 0.253 e. The van der Waals surface area contributed by atoms with Crippen LogP contribution in [0.25, 0.3) is 0 Å². The van der Waals surface area contributed by atoms with Crippen LogP contribution in [-0.4, -0.2) is 29.1 Å². The van der Waals surface area contributed by atoms with Gasteiger partial charge in [0.2, 0.25) is 0 Å². The van der Waals surface area contributed by atoms with Gasteiger partial charge in [0.05, 0.1) is 23.1 Å². The van der Waals surface area contributed by atoms with Gasteiger partial charge in [-0.2, -0.15) is 0 Å². The summed E-state index contributed by atoms with van der Waals surface area (Å²) in [5.41, 5.74) is 7.15. The highest BCUT2D eigenvalue weighted by molar-refractivity contribution is 5.95. The molecule has 1 atom stereocenters. The molecule has 1 unspecified atom stereocenters. The van der Waals surface area contributed by atoms with Gasteiger partial charge in [0, 0.05) is 13.2 Å². The predicted octanol–water partition coefficient (Wildman–Crippen LogP) is 0.330. The van der Waals surface area contributed by atoms with Crippen LogP contribution in [0, 0.1) is 12.8 Å². The molecule has 5 nitrogen and oxygen atoms in total. The van der Waals surface area contributed by atoms with E-state index in [1.807, 2.05) is 6.92 Å². The Hall–Kier alpha value is -1.62. The molecule has 4 N–H and O–H groups in total. The highest BCUT2D eigenvalue weighted by atomic mass is 16.3. The van der Waals surface area contributed by atoms with Crippen molar-refractivity contribution in [3.63, 3.8) is 0 Å². The highest BCUT2D eigenvalue weighted by Crippen LogP contribution is 2.09. The Balaban J connectivity index is 2.69. The molecule has 0 aliphatic rings. The zero-order valence-electron chi connectivity index (χ0n) is 9.53. The van der Waals surface area contributed by atoms with Gasteiger partial charge in [-0.25, -0.2) is 0 Å². The van der Waals surface area contributed by atoms with E-state index in [-0.39, 0.29) is 18.4 Å². The van der Waals surface area contributed by atoms with E-state index in [4.69, 9.17) is 10.8 Å². The number of carbonyl (C=O) groups is 1. The normalized spacial score (nSPS) is 12.2. The lowest BCUT2D eigenvalue weighted by molar-refractivity contribution is 0.0941. The van der Waals surface area contributed by atoms with Crippen LogP contribution in [0.2, 0.25) is 0 Å². The lowest BCUT2D eigenvalue weighted by Crippen LogP contribution is -2.30. The fourth-order valence-corrected chi connectivity index (χ4v) is 1.21. The van der Waals surface area contributed by atoms with Crippen LogP contribution in [0.4, 0.5) is 5.69 Å². The molecule has 0 bridgehead atoms. The number of hydrogen-bond donors (Lipinski definition) is 3. The van der Waals surface area contributed by atoms with Crippen molar-refractivity contribution in [2.45, 2.75) is 13.8 Å². The number of anilines is 1. The van der Waals surface area contributed by atoms with E-state index in [1.54, 1.807) is 13.0 Å². The summed E-state index contributed by atoms with van der Waals surface area (Å²) < 4.78 is 0. The minimum Gasteiger partial charge on any atom is -0.397 e. The molecule has 0 aromatic carbocycles. The maximum absolute atomic E-state index is 11.7. The average molecular weight is 223 g/mol. The number of aliphatic hydroxyl groups is 1. The van der Waals surface area contributed by atoms with Crippen LogP contribution in [0.15, 0.2) is 12.3 Å². The SMILES string of the molecule is Cc1ncc(N)cc1C(=O)NCC(C)CO. The smallest absolute Gasteiger partial charge is 0.253 e. The van der Waals surface area contributed by atoms with Gasteiger partial charge < -0.3 is 16.2 Å². The first kappa shape index (κ1) is 12.4. The molecule has 1 aromatic heterocycles. The van der Waals surface area contributed by atoms with Gasteiger partial charge in [-0.15, -0.1) is 0 Å². The summed E-state index contributed by atoms with van der Waals surface area (Å²) >= 11 is 0. The van der Waals surface area contributed by atoms with Crippen molar-refractivity contribution < 1.29 is 9.90 Å². The van der Waals surface area contributed by atoms with Crippen LogP contribution in [0.3, 0.4) is 0 Å². The van der Waals surface area contributed by atoms with E-state index in [9.17, 15) is 4.79 Å². The van der Waals surface area contributed by atoms with E-state index < -0.39 is 0 Å². The number of carbonyl (C=O) groups excluding carboxylic acids is 1. The monoisotopic (exact) mass is 223 g/mol. The van der Waals surface area contributed by atoms with E-state index in [1.165, 1.54) is 6.20 Å². The van der Waals surface area contributed by atoms with Crippen molar-refractivity contribution in [2.24, 2.45) is 5.92 Å². The van der Waals surface area contributed by atoms with Crippen LogP contribution in [-0.2, 0) is 0 Å². The molecule has 0 spiro atoms. The third-order valence-corrected chi connectivity index (χ3v) is 2.28. The molecule has 0 saturated heterocycles. The lowest BCUT2D eigenvalue weighted by Gasteiger charge is -2.10. The lowest BCUT2D eigenvalue weighted by atomic mass is 10.1. The summed E-state index contributed by atoms with van der Waals surface area (Å²) in [6.07, 6.45) is 1.52. The summed E-state index contributed by atoms with van der Waals surface area (Å²) in [4.78, 5) is 15.8. The number of nitrogens with two attached hydrogens (primary N) is 1. The van der Waals surface area contributed by atoms with E-state index in [0.717, 1.165) is 0 Å². The molecular weight excluding hydrogens is 206 g/mol. The molecular formula is C11H17N3O2. The topological polar surface area (TPSA) is 88.2 Å². The first-order valence-electron chi connectivity index (χ1n) is 5.15. The number of nitrogen functional groups attached to an aromatic ring is 1. The largest absolute Gasteiger partial charge is 0.397 e. The standard InChI is InChI=1S/C11H17N3O2/c1-7(6-15)4-14-11(16)10-3-9(12)5-13-8(10)2/h3,5,7,15H,4,6,12H2,1-2H3,(H,14,16). The maximum atomic E-state index is 11.7. The Bertz CT molecular complexity index is 379. The van der Waals surface area contributed by atoms with E-state index in [2.05, 4.69) is 10.3 Å². The fraction of sp³-hybridized carbons (Fsp3) is 0.455. The third-order valence-electron chi connectivity index (χ3n) is 2.28. The van der Waals surface area contributed by atoms with Gasteiger partial charge in [0.25, 0.3) is 5.91 Å². The molecule has 1 aromatic rings. The molecule has 1 heterocycles. The van der Waals surface area contributed by atoms with Gasteiger partial charge in [0.15, 0.2) is 0 Å². The Kier molecular flexibility index (Phi) is 4.25. The summed E-state index contributed by atoms with van der Waals surface area (Å²) in [6.45, 7) is 4.09. The molecule has 5 heteroatoms. The third kappa shape index (κ3) is 3.20. The number of hydrogen-bond acceptors (Lipinski definition) is 4. The zero-order valence-corrected chi connectivity index (χ0v) is 9.53.